The lowest BCUT2D eigenvalue weighted by Gasteiger charge is -2.25. The molecule has 1 atom stereocenters. The number of carbonyl (C=O) groups excluding carboxylic acids is 2. The van der Waals surface area contributed by atoms with E-state index in [1.165, 1.54) is 50.5 Å². The number of nitrogens with zero attached hydrogens (tertiary/aromatic N) is 2. The van der Waals surface area contributed by atoms with E-state index in [4.69, 9.17) is 14.2 Å². The summed E-state index contributed by atoms with van der Waals surface area (Å²) in [5.74, 6) is -1.24. The molecule has 0 spiro atoms. The number of non-ortho nitro benzene ring substituents is 1. The number of hydrogen-bond acceptors (Lipinski definition) is 8. The number of hydrogen-bond donors (Lipinski definition) is 1. The number of aliphatic hydroxyl groups is 1. The third-order valence-corrected chi connectivity index (χ3v) is 5.15. The van der Waals surface area contributed by atoms with Crippen molar-refractivity contribution in [3.8, 4) is 11.5 Å². The van der Waals surface area contributed by atoms with Crippen molar-refractivity contribution in [3.05, 3.63) is 69.3 Å². The SMILES string of the molecule is COCCN1C(=O)C(=O)/C(=C(\O)c2ccc([N+](=O)[O-])cc2)C1c1ccc(OC)c(OC)c1. The predicted molar refractivity (Wildman–Crippen MR) is 114 cm³/mol. The number of carbonyl (C=O) groups is 2. The highest BCUT2D eigenvalue weighted by Crippen LogP contribution is 2.41. The van der Waals surface area contributed by atoms with E-state index in [1.807, 2.05) is 0 Å². The van der Waals surface area contributed by atoms with E-state index in [0.717, 1.165) is 0 Å². The van der Waals surface area contributed by atoms with Gasteiger partial charge in [0, 0.05) is 31.4 Å². The zero-order valence-corrected chi connectivity index (χ0v) is 17.7. The Labute approximate surface area is 183 Å². The first-order chi connectivity index (χ1) is 15.3. The van der Waals surface area contributed by atoms with Crippen molar-refractivity contribution in [2.45, 2.75) is 6.04 Å². The van der Waals surface area contributed by atoms with Crippen molar-refractivity contribution >= 4 is 23.1 Å². The predicted octanol–water partition coefficient (Wildman–Crippen LogP) is 2.68. The van der Waals surface area contributed by atoms with Gasteiger partial charge in [0.25, 0.3) is 17.4 Å². The zero-order chi connectivity index (χ0) is 23.4. The highest BCUT2D eigenvalue weighted by Gasteiger charge is 2.46. The molecule has 0 radical (unpaired) electrons. The minimum atomic E-state index is -0.917. The van der Waals surface area contributed by atoms with Gasteiger partial charge in [-0.25, -0.2) is 0 Å². The molecule has 1 N–H and O–H groups in total. The molecule has 1 saturated heterocycles. The number of ketones is 1. The molecule has 0 aliphatic carbocycles. The van der Waals surface area contributed by atoms with Crippen molar-refractivity contribution < 1.29 is 33.8 Å². The van der Waals surface area contributed by atoms with Crippen molar-refractivity contribution in [1.82, 2.24) is 4.90 Å². The summed E-state index contributed by atoms with van der Waals surface area (Å²) in [4.78, 5) is 37.4. The maximum atomic E-state index is 12.9. The van der Waals surface area contributed by atoms with Gasteiger partial charge < -0.3 is 24.2 Å². The lowest BCUT2D eigenvalue weighted by atomic mass is 9.95. The second-order valence-electron chi connectivity index (χ2n) is 6.90. The van der Waals surface area contributed by atoms with Crippen molar-refractivity contribution in [2.75, 3.05) is 34.5 Å². The van der Waals surface area contributed by atoms with Crippen LogP contribution in [0.5, 0.6) is 11.5 Å². The smallest absolute Gasteiger partial charge is 0.295 e. The van der Waals surface area contributed by atoms with Crippen LogP contribution in [-0.2, 0) is 14.3 Å². The maximum Gasteiger partial charge on any atom is 0.295 e. The number of amides is 1. The Hall–Kier alpha value is -3.92. The van der Waals surface area contributed by atoms with Gasteiger partial charge >= 0.3 is 0 Å². The third-order valence-electron chi connectivity index (χ3n) is 5.15. The standard InChI is InChI=1S/C22H22N2O8/c1-30-11-10-23-19(14-6-9-16(31-2)17(12-14)32-3)18(21(26)22(23)27)20(25)13-4-7-15(8-5-13)24(28)29/h4-9,12,19,25H,10-11H2,1-3H3/b20-18-. The Morgan fingerprint density at radius 1 is 1.06 bits per heavy atom. The summed E-state index contributed by atoms with van der Waals surface area (Å²) in [6, 6.07) is 9.07. The molecule has 0 saturated carbocycles. The van der Waals surface area contributed by atoms with Crippen molar-refractivity contribution in [1.29, 1.82) is 0 Å². The summed E-state index contributed by atoms with van der Waals surface area (Å²) in [7, 11) is 4.41. The van der Waals surface area contributed by atoms with Crippen LogP contribution in [-0.4, -0.2) is 61.1 Å². The van der Waals surface area contributed by atoms with Gasteiger partial charge in [0.2, 0.25) is 0 Å². The molecule has 10 heteroatoms. The highest BCUT2D eigenvalue weighted by molar-refractivity contribution is 6.46. The van der Waals surface area contributed by atoms with Crippen LogP contribution in [0.15, 0.2) is 48.0 Å². The molecule has 1 fully saturated rings. The molecule has 0 aromatic heterocycles. The monoisotopic (exact) mass is 442 g/mol. The van der Waals surface area contributed by atoms with Crippen LogP contribution in [0.1, 0.15) is 17.2 Å². The first-order valence-corrected chi connectivity index (χ1v) is 9.58. The molecule has 1 unspecified atom stereocenters. The first kappa shape index (κ1) is 22.8. The molecule has 3 rings (SSSR count). The Morgan fingerprint density at radius 3 is 2.28 bits per heavy atom. The minimum Gasteiger partial charge on any atom is -0.507 e. The Kier molecular flexibility index (Phi) is 6.74. The van der Waals surface area contributed by atoms with Gasteiger partial charge in [0.15, 0.2) is 11.5 Å². The highest BCUT2D eigenvalue weighted by atomic mass is 16.6. The fourth-order valence-electron chi connectivity index (χ4n) is 3.57. The van der Waals surface area contributed by atoms with E-state index in [9.17, 15) is 24.8 Å². The molecule has 2 aromatic carbocycles. The Balaban J connectivity index is 2.17. The first-order valence-electron chi connectivity index (χ1n) is 9.58. The van der Waals surface area contributed by atoms with Crippen LogP contribution in [0, 0.1) is 10.1 Å². The van der Waals surface area contributed by atoms with Crippen LogP contribution in [0.3, 0.4) is 0 Å². The molecule has 1 heterocycles. The second-order valence-corrected chi connectivity index (χ2v) is 6.90. The summed E-state index contributed by atoms with van der Waals surface area (Å²) < 4.78 is 15.7. The molecule has 1 amide bonds. The Bertz CT molecular complexity index is 1080. The molecular formula is C22H22N2O8. The number of methoxy groups -OCH3 is 3. The largest absolute Gasteiger partial charge is 0.507 e. The van der Waals surface area contributed by atoms with Crippen LogP contribution in [0.2, 0.25) is 0 Å². The summed E-state index contributed by atoms with van der Waals surface area (Å²) in [6.45, 7) is 0.283. The van der Waals surface area contributed by atoms with Gasteiger partial charge in [0.05, 0.1) is 37.4 Å². The Morgan fingerprint density at radius 2 is 1.72 bits per heavy atom. The number of rotatable bonds is 8. The van der Waals surface area contributed by atoms with Gasteiger partial charge in [-0.3, -0.25) is 19.7 Å². The van der Waals surface area contributed by atoms with E-state index in [2.05, 4.69) is 0 Å². The maximum absolute atomic E-state index is 12.9. The quantitative estimate of drug-likeness (QED) is 0.217. The molecule has 10 nitrogen and oxygen atoms in total. The van der Waals surface area contributed by atoms with Crippen LogP contribution in [0.25, 0.3) is 5.76 Å². The van der Waals surface area contributed by atoms with Gasteiger partial charge in [0.1, 0.15) is 5.76 Å². The summed E-state index contributed by atoms with van der Waals surface area (Å²) >= 11 is 0. The lowest BCUT2D eigenvalue weighted by Crippen LogP contribution is -2.32. The van der Waals surface area contributed by atoms with Crippen LogP contribution >= 0.6 is 0 Å². The topological polar surface area (TPSA) is 128 Å². The van der Waals surface area contributed by atoms with E-state index in [1.54, 1.807) is 18.2 Å². The van der Waals surface area contributed by atoms with E-state index < -0.39 is 28.4 Å². The van der Waals surface area contributed by atoms with E-state index in [0.29, 0.717) is 17.1 Å². The number of Topliss-reactive ketones (excluding diaryl/α,β-unsaturated/α-hetero) is 1. The van der Waals surface area contributed by atoms with Crippen molar-refractivity contribution in [3.63, 3.8) is 0 Å². The number of nitro benzene ring substituents is 1. The molecule has 1 aliphatic rings. The number of nitro groups is 1. The summed E-state index contributed by atoms with van der Waals surface area (Å²) in [6.07, 6.45) is 0. The number of benzene rings is 2. The lowest BCUT2D eigenvalue weighted by molar-refractivity contribution is -0.384. The van der Waals surface area contributed by atoms with Gasteiger partial charge in [-0.2, -0.15) is 0 Å². The zero-order valence-electron chi connectivity index (χ0n) is 17.7. The molecule has 168 valence electrons. The van der Waals surface area contributed by atoms with Crippen LogP contribution < -0.4 is 9.47 Å². The molecular weight excluding hydrogens is 420 g/mol. The molecule has 0 bridgehead atoms. The fourth-order valence-corrected chi connectivity index (χ4v) is 3.57. The normalized spacial score (nSPS) is 17.5. The van der Waals surface area contributed by atoms with Gasteiger partial charge in [-0.05, 0) is 29.8 Å². The van der Waals surface area contributed by atoms with Gasteiger partial charge in [-0.15, -0.1) is 0 Å². The minimum absolute atomic E-state index is 0.108. The molecule has 32 heavy (non-hydrogen) atoms. The summed E-state index contributed by atoms with van der Waals surface area (Å²) in [5.41, 5.74) is 0.387. The second kappa shape index (κ2) is 9.48. The molecule has 2 aromatic rings. The molecule has 1 aliphatic heterocycles. The van der Waals surface area contributed by atoms with Gasteiger partial charge in [-0.1, -0.05) is 6.07 Å². The summed E-state index contributed by atoms with van der Waals surface area (Å²) in [5, 5.41) is 21.9. The number of ether oxygens (including phenoxy) is 3. The van der Waals surface area contributed by atoms with E-state index in [-0.39, 0.29) is 30.0 Å². The average molecular weight is 442 g/mol. The number of aliphatic hydroxyl groups excluding tert-OH is 1. The number of likely N-dealkylation sites (tertiary alicyclic amines) is 1. The fraction of sp³-hybridized carbons (Fsp3) is 0.273. The van der Waals surface area contributed by atoms with Crippen LogP contribution in [0.4, 0.5) is 5.69 Å². The average Bonchev–Trinajstić information content (AvgIpc) is 3.06. The third kappa shape index (κ3) is 4.12. The van der Waals surface area contributed by atoms with Crippen molar-refractivity contribution in [2.24, 2.45) is 0 Å². The van der Waals surface area contributed by atoms with E-state index >= 15 is 0 Å².